The normalized spacial score (nSPS) is 18.5. The molecule has 0 bridgehead atoms. The zero-order valence-electron chi connectivity index (χ0n) is 12.7. The van der Waals surface area contributed by atoms with Gasteiger partial charge in [-0.25, -0.2) is 9.78 Å². The molecule has 1 aliphatic heterocycles. The lowest BCUT2D eigenvalue weighted by molar-refractivity contribution is 0.182. The van der Waals surface area contributed by atoms with Crippen molar-refractivity contribution in [2.24, 2.45) is 7.05 Å². The second kappa shape index (κ2) is 6.70. The molecular weight excluding hydrogens is 318 g/mol. The first kappa shape index (κ1) is 15.4. The molecule has 118 valence electrons. The van der Waals surface area contributed by atoms with E-state index in [-0.39, 0.29) is 12.1 Å². The second-order valence-electron chi connectivity index (χ2n) is 5.25. The molecule has 0 aliphatic carbocycles. The summed E-state index contributed by atoms with van der Waals surface area (Å²) in [4.78, 5) is 19.9. The SMILES string of the molecule is Cc1cnc(CNC(=O)N2CCSC[C@H]2c2cnn(C)c2)s1. The van der Waals surface area contributed by atoms with Crippen molar-refractivity contribution in [1.82, 2.24) is 25.0 Å². The van der Waals surface area contributed by atoms with Gasteiger partial charge in [-0.1, -0.05) is 0 Å². The van der Waals surface area contributed by atoms with Crippen molar-refractivity contribution in [3.63, 3.8) is 0 Å². The lowest BCUT2D eigenvalue weighted by Gasteiger charge is -2.34. The first-order chi connectivity index (χ1) is 10.6. The smallest absolute Gasteiger partial charge is 0.318 e. The summed E-state index contributed by atoms with van der Waals surface area (Å²) >= 11 is 3.49. The van der Waals surface area contributed by atoms with Crippen molar-refractivity contribution in [3.8, 4) is 0 Å². The molecule has 2 amide bonds. The largest absolute Gasteiger partial charge is 0.331 e. The van der Waals surface area contributed by atoms with Gasteiger partial charge in [0, 0.05) is 47.9 Å². The molecule has 0 aromatic carbocycles. The van der Waals surface area contributed by atoms with E-state index < -0.39 is 0 Å². The number of carbonyl (C=O) groups is 1. The number of amides is 2. The Hall–Kier alpha value is -1.54. The van der Waals surface area contributed by atoms with E-state index in [1.54, 1.807) is 16.0 Å². The van der Waals surface area contributed by atoms with Crippen molar-refractivity contribution >= 4 is 29.1 Å². The topological polar surface area (TPSA) is 63.1 Å². The predicted molar refractivity (Wildman–Crippen MR) is 89.1 cm³/mol. The minimum atomic E-state index is -0.0259. The van der Waals surface area contributed by atoms with Gasteiger partial charge >= 0.3 is 6.03 Å². The van der Waals surface area contributed by atoms with Crippen LogP contribution >= 0.6 is 23.1 Å². The molecule has 8 heteroatoms. The Morgan fingerprint density at radius 2 is 2.36 bits per heavy atom. The van der Waals surface area contributed by atoms with Gasteiger partial charge in [0.25, 0.3) is 0 Å². The van der Waals surface area contributed by atoms with Crippen LogP contribution in [0.1, 0.15) is 21.5 Å². The average molecular weight is 337 g/mol. The number of nitrogens with zero attached hydrogens (tertiary/aromatic N) is 4. The maximum Gasteiger partial charge on any atom is 0.318 e. The molecule has 2 aromatic rings. The summed E-state index contributed by atoms with van der Waals surface area (Å²) in [6.07, 6.45) is 5.67. The number of carbonyl (C=O) groups excluding carboxylic acids is 1. The number of aryl methyl sites for hydroxylation is 2. The van der Waals surface area contributed by atoms with E-state index in [0.29, 0.717) is 6.54 Å². The van der Waals surface area contributed by atoms with Crippen LogP contribution in [0.2, 0.25) is 0 Å². The summed E-state index contributed by atoms with van der Waals surface area (Å²) in [5.41, 5.74) is 1.09. The van der Waals surface area contributed by atoms with Crippen LogP contribution in [0.4, 0.5) is 4.79 Å². The molecule has 1 atom stereocenters. The number of hydrogen-bond donors (Lipinski definition) is 1. The summed E-state index contributed by atoms with van der Waals surface area (Å²) < 4.78 is 1.78. The molecule has 1 N–H and O–H groups in total. The van der Waals surface area contributed by atoms with Gasteiger partial charge in [-0.15, -0.1) is 11.3 Å². The number of thiazole rings is 1. The highest BCUT2D eigenvalue weighted by molar-refractivity contribution is 7.99. The maximum atomic E-state index is 12.5. The predicted octanol–water partition coefficient (Wildman–Crippen LogP) is 2.18. The fourth-order valence-electron chi connectivity index (χ4n) is 2.47. The lowest BCUT2D eigenvalue weighted by atomic mass is 10.1. The highest BCUT2D eigenvalue weighted by atomic mass is 32.2. The van der Waals surface area contributed by atoms with Crippen molar-refractivity contribution < 1.29 is 4.79 Å². The van der Waals surface area contributed by atoms with E-state index in [0.717, 1.165) is 33.5 Å². The third kappa shape index (κ3) is 3.44. The van der Waals surface area contributed by atoms with Gasteiger partial charge < -0.3 is 10.2 Å². The summed E-state index contributed by atoms with van der Waals surface area (Å²) in [7, 11) is 1.90. The molecule has 0 spiro atoms. The standard InChI is InChI=1S/C14H19N5OS2/c1-10-5-15-13(22-10)7-16-14(20)19-3-4-21-9-12(19)11-6-17-18(2)8-11/h5-6,8,12H,3-4,7,9H2,1-2H3,(H,16,20)/t12-/m0/s1. The first-order valence-electron chi connectivity index (χ1n) is 7.15. The Kier molecular flexibility index (Phi) is 4.68. The maximum absolute atomic E-state index is 12.5. The number of nitrogens with one attached hydrogen (secondary N) is 1. The number of urea groups is 1. The van der Waals surface area contributed by atoms with Crippen molar-refractivity contribution in [2.45, 2.75) is 19.5 Å². The van der Waals surface area contributed by atoms with Gasteiger partial charge in [0.15, 0.2) is 0 Å². The van der Waals surface area contributed by atoms with Gasteiger partial charge in [0.1, 0.15) is 5.01 Å². The van der Waals surface area contributed by atoms with Gasteiger partial charge in [0.2, 0.25) is 0 Å². The van der Waals surface area contributed by atoms with Crippen LogP contribution in [-0.4, -0.2) is 43.7 Å². The summed E-state index contributed by atoms with van der Waals surface area (Å²) in [5, 5.41) is 8.15. The van der Waals surface area contributed by atoms with Crippen LogP contribution in [0.15, 0.2) is 18.6 Å². The molecule has 2 aromatic heterocycles. The molecule has 0 saturated carbocycles. The fraction of sp³-hybridized carbons (Fsp3) is 0.500. The van der Waals surface area contributed by atoms with E-state index in [4.69, 9.17) is 0 Å². The van der Waals surface area contributed by atoms with Crippen molar-refractivity contribution in [2.75, 3.05) is 18.1 Å². The molecule has 1 aliphatic rings. The Morgan fingerprint density at radius 1 is 1.50 bits per heavy atom. The van der Waals surface area contributed by atoms with Crippen LogP contribution in [0, 0.1) is 6.92 Å². The minimum Gasteiger partial charge on any atom is -0.331 e. The highest BCUT2D eigenvalue weighted by Gasteiger charge is 2.29. The fourth-order valence-corrected chi connectivity index (χ4v) is 4.29. The Morgan fingerprint density at radius 3 is 3.05 bits per heavy atom. The zero-order valence-corrected chi connectivity index (χ0v) is 14.3. The molecule has 6 nitrogen and oxygen atoms in total. The van der Waals surface area contributed by atoms with E-state index in [2.05, 4.69) is 15.4 Å². The van der Waals surface area contributed by atoms with E-state index >= 15 is 0 Å². The molecule has 22 heavy (non-hydrogen) atoms. The summed E-state index contributed by atoms with van der Waals surface area (Å²) in [6.45, 7) is 3.26. The molecule has 3 heterocycles. The van der Waals surface area contributed by atoms with Gasteiger partial charge in [-0.05, 0) is 6.92 Å². The Bertz CT molecular complexity index is 653. The summed E-state index contributed by atoms with van der Waals surface area (Å²) in [6, 6.07) is 0.0625. The first-order valence-corrected chi connectivity index (χ1v) is 9.12. The van der Waals surface area contributed by atoms with Crippen LogP contribution in [0.5, 0.6) is 0 Å². The minimum absolute atomic E-state index is 0.0259. The lowest BCUT2D eigenvalue weighted by Crippen LogP contribution is -2.45. The monoisotopic (exact) mass is 337 g/mol. The van der Waals surface area contributed by atoms with Gasteiger partial charge in [-0.3, -0.25) is 4.68 Å². The number of rotatable bonds is 3. The van der Waals surface area contributed by atoms with Crippen molar-refractivity contribution in [1.29, 1.82) is 0 Å². The summed E-state index contributed by atoms with van der Waals surface area (Å²) in [5.74, 6) is 1.88. The molecule has 0 unspecified atom stereocenters. The van der Waals surface area contributed by atoms with Crippen LogP contribution in [0.3, 0.4) is 0 Å². The van der Waals surface area contributed by atoms with E-state index in [9.17, 15) is 4.79 Å². The molecule has 1 saturated heterocycles. The number of thioether (sulfide) groups is 1. The average Bonchev–Trinajstić information content (AvgIpc) is 3.13. The van der Waals surface area contributed by atoms with E-state index in [1.165, 1.54) is 0 Å². The second-order valence-corrected chi connectivity index (χ2v) is 7.72. The molecule has 1 fully saturated rings. The number of hydrogen-bond acceptors (Lipinski definition) is 5. The van der Waals surface area contributed by atoms with Gasteiger partial charge in [-0.2, -0.15) is 16.9 Å². The van der Waals surface area contributed by atoms with Crippen LogP contribution < -0.4 is 5.32 Å². The molecule has 0 radical (unpaired) electrons. The zero-order chi connectivity index (χ0) is 15.5. The van der Waals surface area contributed by atoms with E-state index in [1.807, 2.05) is 49.2 Å². The van der Waals surface area contributed by atoms with Crippen LogP contribution in [0.25, 0.3) is 0 Å². The molecule has 3 rings (SSSR count). The van der Waals surface area contributed by atoms with Gasteiger partial charge in [0.05, 0.1) is 18.8 Å². The van der Waals surface area contributed by atoms with Crippen LogP contribution in [-0.2, 0) is 13.6 Å². The third-order valence-corrected chi connectivity index (χ3v) is 5.49. The third-order valence-electron chi connectivity index (χ3n) is 3.56. The Labute approximate surface area is 137 Å². The quantitative estimate of drug-likeness (QED) is 0.932. The van der Waals surface area contributed by atoms with Crippen molar-refractivity contribution in [3.05, 3.63) is 34.0 Å². The Balaban J connectivity index is 1.66. The number of aromatic nitrogens is 3. The highest BCUT2D eigenvalue weighted by Crippen LogP contribution is 2.29. The molecular formula is C14H19N5OS2.